The van der Waals surface area contributed by atoms with Gasteiger partial charge in [-0.3, -0.25) is 19.2 Å². The molecule has 2 aromatic rings. The quantitative estimate of drug-likeness (QED) is 0.349. The van der Waals surface area contributed by atoms with E-state index in [9.17, 15) is 23.6 Å². The second-order valence-electron chi connectivity index (χ2n) is 10.8. The van der Waals surface area contributed by atoms with Gasteiger partial charge in [0.2, 0.25) is 17.7 Å². The van der Waals surface area contributed by atoms with Gasteiger partial charge in [-0.25, -0.2) is 4.39 Å². The fourth-order valence-corrected chi connectivity index (χ4v) is 5.67. The first-order chi connectivity index (χ1) is 19.3. The molecule has 1 aromatic heterocycles. The average Bonchev–Trinajstić information content (AvgIpc) is 3.29. The number of halogens is 1. The topological polar surface area (TPSA) is 119 Å². The molecule has 0 fully saturated rings. The number of hydrogen-bond acceptors (Lipinski definition) is 5. The van der Waals surface area contributed by atoms with Crippen molar-refractivity contribution in [2.24, 2.45) is 11.8 Å². The van der Waals surface area contributed by atoms with Gasteiger partial charge in [0, 0.05) is 37.4 Å². The van der Waals surface area contributed by atoms with Crippen molar-refractivity contribution in [3.63, 3.8) is 0 Å². The Morgan fingerprint density at radius 2 is 1.95 bits per heavy atom. The number of ketones is 1. The van der Waals surface area contributed by atoms with Crippen molar-refractivity contribution in [3.05, 3.63) is 59.4 Å². The molecule has 1 aliphatic carbocycles. The van der Waals surface area contributed by atoms with Crippen molar-refractivity contribution < 1.29 is 28.3 Å². The zero-order chi connectivity index (χ0) is 28.6. The summed E-state index contributed by atoms with van der Waals surface area (Å²) in [6, 6.07) is 10.3. The van der Waals surface area contributed by atoms with Gasteiger partial charge in [-0.15, -0.1) is 0 Å². The van der Waals surface area contributed by atoms with E-state index >= 15 is 0 Å². The Morgan fingerprint density at radius 3 is 2.67 bits per heavy atom. The summed E-state index contributed by atoms with van der Waals surface area (Å²) in [7, 11) is 0. The normalized spacial score (nSPS) is 21.5. The molecule has 0 saturated carbocycles. The predicted molar refractivity (Wildman–Crippen MR) is 147 cm³/mol. The highest BCUT2D eigenvalue weighted by molar-refractivity contribution is 5.93. The molecule has 2 aliphatic rings. The maximum Gasteiger partial charge on any atom is 0.246 e. The second kappa shape index (κ2) is 13.7. The van der Waals surface area contributed by atoms with Crippen molar-refractivity contribution in [2.75, 3.05) is 19.9 Å². The fourth-order valence-electron chi connectivity index (χ4n) is 5.67. The van der Waals surface area contributed by atoms with E-state index in [1.165, 1.54) is 0 Å². The Balaban J connectivity index is 1.47. The number of aryl methyl sites for hydroxylation is 1. The largest absolute Gasteiger partial charge is 0.369 e. The minimum absolute atomic E-state index is 0.0766. The van der Waals surface area contributed by atoms with Gasteiger partial charge in [-0.05, 0) is 36.0 Å². The van der Waals surface area contributed by atoms with Crippen LogP contribution in [0.1, 0.15) is 55.8 Å². The smallest absolute Gasteiger partial charge is 0.246 e. The molecule has 0 saturated heterocycles. The predicted octanol–water partition coefficient (Wildman–Crippen LogP) is 2.43. The zero-order valence-electron chi connectivity index (χ0n) is 23.2. The van der Waals surface area contributed by atoms with Gasteiger partial charge < -0.3 is 25.3 Å². The van der Waals surface area contributed by atoms with E-state index in [1.54, 1.807) is 0 Å². The highest BCUT2D eigenvalue weighted by Crippen LogP contribution is 2.38. The van der Waals surface area contributed by atoms with E-state index in [2.05, 4.69) is 16.0 Å². The lowest BCUT2D eigenvalue weighted by Crippen LogP contribution is -2.55. The number of benzene rings is 1. The number of aromatic nitrogens is 1. The van der Waals surface area contributed by atoms with Crippen LogP contribution in [0.5, 0.6) is 0 Å². The summed E-state index contributed by atoms with van der Waals surface area (Å²) in [5.41, 5.74) is 2.91. The average molecular weight is 555 g/mol. The van der Waals surface area contributed by atoms with Crippen molar-refractivity contribution in [2.45, 2.75) is 70.6 Å². The molecule has 40 heavy (non-hydrogen) atoms. The molecule has 5 atom stereocenters. The maximum absolute atomic E-state index is 13.7. The minimum atomic E-state index is -0.822. The van der Waals surface area contributed by atoms with Gasteiger partial charge in [0.25, 0.3) is 0 Å². The Hall–Kier alpha value is -3.53. The van der Waals surface area contributed by atoms with Gasteiger partial charge in [0.1, 0.15) is 25.1 Å². The van der Waals surface area contributed by atoms with Crippen molar-refractivity contribution in [1.29, 1.82) is 0 Å². The Bertz CT molecular complexity index is 1200. The van der Waals surface area contributed by atoms with Gasteiger partial charge in [0.15, 0.2) is 0 Å². The molecule has 0 spiro atoms. The highest BCUT2D eigenvalue weighted by Gasteiger charge is 2.43. The summed E-state index contributed by atoms with van der Waals surface area (Å²) < 4.78 is 19.3. The van der Waals surface area contributed by atoms with E-state index < -0.39 is 36.5 Å². The number of nitrogens with one attached hydrogen (secondary N) is 3. The van der Waals surface area contributed by atoms with Crippen molar-refractivity contribution >= 4 is 23.5 Å². The number of alkyl halides is 1. The molecule has 9 nitrogen and oxygen atoms in total. The summed E-state index contributed by atoms with van der Waals surface area (Å²) in [5.74, 6) is -2.38. The Kier molecular flexibility index (Phi) is 10.1. The number of carbonyl (C=O) groups excluding carboxylic acids is 4. The van der Waals surface area contributed by atoms with Gasteiger partial charge in [-0.2, -0.15) is 0 Å². The molecular weight excluding hydrogens is 515 g/mol. The van der Waals surface area contributed by atoms with E-state index in [1.807, 2.05) is 61.0 Å². The number of hydrogen-bond donors (Lipinski definition) is 3. The molecule has 216 valence electrons. The lowest BCUT2D eigenvalue weighted by molar-refractivity contribution is -0.133. The summed E-state index contributed by atoms with van der Waals surface area (Å²) in [4.78, 5) is 52.7. The third kappa shape index (κ3) is 6.96. The number of amides is 3. The summed E-state index contributed by atoms with van der Waals surface area (Å²) >= 11 is 0. The van der Waals surface area contributed by atoms with Crippen LogP contribution in [0.2, 0.25) is 0 Å². The number of carbonyl (C=O) groups is 4. The Morgan fingerprint density at radius 1 is 1.18 bits per heavy atom. The molecule has 4 rings (SSSR count). The first-order valence-corrected chi connectivity index (χ1v) is 14.1. The van der Waals surface area contributed by atoms with Crippen molar-refractivity contribution in [1.82, 2.24) is 20.5 Å². The van der Waals surface area contributed by atoms with Crippen LogP contribution in [0, 0.1) is 11.8 Å². The molecule has 10 heteroatoms. The summed E-state index contributed by atoms with van der Waals surface area (Å²) in [5, 5.41) is 8.75. The first kappa shape index (κ1) is 29.5. The minimum Gasteiger partial charge on any atom is -0.369 e. The number of Topliss-reactive ketones (excluding diaryl/α,β-unsaturated/α-hetero) is 1. The highest BCUT2D eigenvalue weighted by atomic mass is 19.1. The van der Waals surface area contributed by atoms with E-state index in [4.69, 9.17) is 4.74 Å². The van der Waals surface area contributed by atoms with Crippen LogP contribution < -0.4 is 16.0 Å². The third-order valence-electron chi connectivity index (χ3n) is 8.00. The fraction of sp³-hybridized carbons (Fsp3) is 0.533. The summed E-state index contributed by atoms with van der Waals surface area (Å²) in [6.45, 7) is 3.35. The molecule has 1 aliphatic heterocycles. The van der Waals surface area contributed by atoms with Crippen LogP contribution in [0.25, 0.3) is 0 Å². The first-order valence-electron chi connectivity index (χ1n) is 14.1. The number of nitrogens with zero attached hydrogens (tertiary/aromatic N) is 1. The van der Waals surface area contributed by atoms with Crippen molar-refractivity contribution in [3.8, 4) is 0 Å². The standard InChI is InChI=1S/C30H39FN4O5/c1-3-19(2)27(34-25(37)18-40-14-12-31)30(39)33-23-10-9-21-11-13-35-17-22(15-24(36)26(23)28(21)35)29(38)32-16-20-7-5-4-6-8-20/h4-8,11,13,19,22-23,26-27H,3,9-10,12,14-18H2,1-2H3,(H,32,38)(H,33,39)(H,34,37)/t19?,22-,23-,26?,27?/m0/s1. The lowest BCUT2D eigenvalue weighted by Gasteiger charge is -2.34. The number of ether oxygens (including phenoxy) is 1. The van der Waals surface area contributed by atoms with Gasteiger partial charge >= 0.3 is 0 Å². The zero-order valence-corrected chi connectivity index (χ0v) is 23.2. The van der Waals surface area contributed by atoms with Crippen LogP contribution in [-0.4, -0.2) is 60.0 Å². The Labute approximate surface area is 234 Å². The van der Waals surface area contributed by atoms with Crippen LogP contribution >= 0.6 is 0 Å². The third-order valence-corrected chi connectivity index (χ3v) is 8.00. The van der Waals surface area contributed by atoms with Crippen LogP contribution in [0.3, 0.4) is 0 Å². The molecule has 2 heterocycles. The second-order valence-corrected chi connectivity index (χ2v) is 10.8. The lowest BCUT2D eigenvalue weighted by atomic mass is 9.79. The molecule has 1 aromatic carbocycles. The maximum atomic E-state index is 13.7. The molecule has 0 radical (unpaired) electrons. The molecular formula is C30H39FN4O5. The molecule has 3 N–H and O–H groups in total. The van der Waals surface area contributed by atoms with Crippen LogP contribution in [-0.2, 0) is 43.4 Å². The van der Waals surface area contributed by atoms with E-state index in [0.717, 1.165) is 16.8 Å². The molecule has 0 bridgehead atoms. The van der Waals surface area contributed by atoms with E-state index in [-0.39, 0.29) is 43.2 Å². The van der Waals surface area contributed by atoms with Gasteiger partial charge in [-0.1, -0.05) is 50.6 Å². The van der Waals surface area contributed by atoms with Gasteiger partial charge in [0.05, 0.1) is 18.4 Å². The number of rotatable bonds is 12. The summed E-state index contributed by atoms with van der Waals surface area (Å²) in [6.07, 6.45) is 3.92. The van der Waals surface area contributed by atoms with Crippen LogP contribution in [0.15, 0.2) is 42.6 Å². The SMILES string of the molecule is CCC(C)C(NC(=O)COCCF)C(=O)N[C@H]1CCc2ccn3c2C1C(=O)C[C@H](C(=O)NCc1ccccc1)C3. The molecule has 3 amide bonds. The monoisotopic (exact) mass is 554 g/mol. The van der Waals surface area contributed by atoms with E-state index in [0.29, 0.717) is 32.4 Å². The molecule has 3 unspecified atom stereocenters. The van der Waals surface area contributed by atoms with Crippen LogP contribution in [0.4, 0.5) is 4.39 Å².